The molecule has 3 aliphatic heterocycles. The number of carbonyl (C=O) groups is 1. The third kappa shape index (κ3) is 3.39. The fourth-order valence-corrected chi connectivity index (χ4v) is 8.51. The monoisotopic (exact) mass is 400 g/mol. The number of carbonyl (C=O) groups excluding carboxylic acids is 1. The molecule has 29 heavy (non-hydrogen) atoms. The van der Waals surface area contributed by atoms with Crippen molar-refractivity contribution < 1.29 is 9.53 Å². The van der Waals surface area contributed by atoms with Crippen LogP contribution in [0.3, 0.4) is 0 Å². The van der Waals surface area contributed by atoms with E-state index in [0.29, 0.717) is 16.7 Å². The zero-order valence-corrected chi connectivity index (χ0v) is 19.2. The Morgan fingerprint density at radius 1 is 1.14 bits per heavy atom. The van der Waals surface area contributed by atoms with Crippen LogP contribution < -0.4 is 0 Å². The van der Waals surface area contributed by atoms with Gasteiger partial charge in [-0.1, -0.05) is 45.8 Å². The van der Waals surface area contributed by atoms with Crippen molar-refractivity contribution >= 4 is 5.97 Å². The molecular formula is C25H40N2O2. The van der Waals surface area contributed by atoms with Gasteiger partial charge in [-0.25, -0.2) is 0 Å². The molecule has 2 bridgehead atoms. The first-order valence-electron chi connectivity index (χ1n) is 11.9. The predicted octanol–water partition coefficient (Wildman–Crippen LogP) is 3.96. The summed E-state index contributed by atoms with van der Waals surface area (Å²) in [5, 5.41) is 0. The number of ether oxygens (including phenoxy) is 1. The number of fused-ring (bicyclic) bond motifs is 4. The maximum atomic E-state index is 13.0. The highest BCUT2D eigenvalue weighted by atomic mass is 16.6. The molecule has 0 N–H and O–H groups in total. The maximum Gasteiger partial charge on any atom is 0.311 e. The standard InChI is InChI=1S/C25H40N2O2/c1-17-7-6-8-25(4)10-21-18(9-20(17)25)19(22(28)29-21)11-27-15-23(2)12-24(3,16-27)14-26(5)13-23/h9,17-19,21H,6-8,10-16H2,1-5H3/t17-,18+,19-,21+,23-,24+,25+/m0/s1. The molecule has 4 heteroatoms. The molecule has 162 valence electrons. The van der Waals surface area contributed by atoms with E-state index in [4.69, 9.17) is 4.74 Å². The maximum absolute atomic E-state index is 13.0. The van der Waals surface area contributed by atoms with E-state index >= 15 is 0 Å². The Morgan fingerprint density at radius 2 is 1.83 bits per heavy atom. The normalized spacial score (nSPS) is 50.5. The van der Waals surface area contributed by atoms with E-state index in [1.807, 2.05) is 0 Å². The van der Waals surface area contributed by atoms with Gasteiger partial charge < -0.3 is 14.5 Å². The minimum atomic E-state index is 0.0231. The first kappa shape index (κ1) is 20.1. The van der Waals surface area contributed by atoms with Gasteiger partial charge in [-0.05, 0) is 54.9 Å². The molecule has 5 aliphatic rings. The lowest BCUT2D eigenvalue weighted by molar-refractivity contribution is -0.146. The van der Waals surface area contributed by atoms with Crippen LogP contribution >= 0.6 is 0 Å². The van der Waals surface area contributed by atoms with Crippen molar-refractivity contribution in [2.24, 2.45) is 34.0 Å². The molecule has 4 fully saturated rings. The Bertz CT molecular complexity index is 714. The van der Waals surface area contributed by atoms with Crippen molar-refractivity contribution in [1.29, 1.82) is 0 Å². The van der Waals surface area contributed by atoms with Crippen LogP contribution in [0.25, 0.3) is 0 Å². The van der Waals surface area contributed by atoms with E-state index in [0.717, 1.165) is 26.1 Å². The number of hydrogen-bond donors (Lipinski definition) is 0. The summed E-state index contributed by atoms with van der Waals surface area (Å²) in [6.07, 6.45) is 8.82. The molecule has 4 nitrogen and oxygen atoms in total. The van der Waals surface area contributed by atoms with Crippen LogP contribution in [-0.4, -0.2) is 61.6 Å². The first-order chi connectivity index (χ1) is 13.6. The Kier molecular flexibility index (Phi) is 4.54. The molecule has 3 saturated heterocycles. The average molecular weight is 401 g/mol. The van der Waals surface area contributed by atoms with Crippen molar-refractivity contribution in [2.75, 3.05) is 39.8 Å². The highest BCUT2D eigenvalue weighted by Gasteiger charge is 2.53. The Hall–Kier alpha value is -0.870. The van der Waals surface area contributed by atoms with Crippen LogP contribution in [0.5, 0.6) is 0 Å². The van der Waals surface area contributed by atoms with Gasteiger partial charge >= 0.3 is 5.97 Å². The van der Waals surface area contributed by atoms with Crippen LogP contribution in [0.15, 0.2) is 11.6 Å². The number of rotatable bonds is 2. The zero-order valence-electron chi connectivity index (χ0n) is 19.2. The summed E-state index contributed by atoms with van der Waals surface area (Å²) in [5.41, 5.74) is 2.55. The molecule has 0 aromatic carbocycles. The smallest absolute Gasteiger partial charge is 0.311 e. The fourth-order valence-electron chi connectivity index (χ4n) is 8.51. The van der Waals surface area contributed by atoms with Gasteiger partial charge in [0.2, 0.25) is 0 Å². The largest absolute Gasteiger partial charge is 0.461 e. The summed E-state index contributed by atoms with van der Waals surface area (Å²) in [7, 11) is 2.26. The van der Waals surface area contributed by atoms with E-state index in [2.05, 4.69) is 50.6 Å². The van der Waals surface area contributed by atoms with Crippen LogP contribution in [-0.2, 0) is 9.53 Å². The number of nitrogens with zero attached hydrogens (tertiary/aromatic N) is 2. The minimum Gasteiger partial charge on any atom is -0.461 e. The molecule has 3 heterocycles. The van der Waals surface area contributed by atoms with Gasteiger partial charge in [0.05, 0.1) is 5.92 Å². The number of piperidine rings is 2. The Balaban J connectivity index is 1.37. The van der Waals surface area contributed by atoms with Gasteiger partial charge in [0.1, 0.15) is 6.10 Å². The molecule has 0 unspecified atom stereocenters. The van der Waals surface area contributed by atoms with Crippen molar-refractivity contribution in [3.8, 4) is 0 Å². The lowest BCUT2D eigenvalue weighted by Gasteiger charge is -2.56. The molecule has 0 spiro atoms. The van der Waals surface area contributed by atoms with Gasteiger partial charge in [-0.3, -0.25) is 4.79 Å². The number of hydrogen-bond acceptors (Lipinski definition) is 4. The second-order valence-corrected chi connectivity index (χ2v) is 12.5. The number of allylic oxidation sites excluding steroid dienone is 1. The van der Waals surface area contributed by atoms with E-state index in [1.165, 1.54) is 38.8 Å². The Morgan fingerprint density at radius 3 is 2.52 bits per heavy atom. The third-order valence-corrected chi connectivity index (χ3v) is 8.90. The van der Waals surface area contributed by atoms with Gasteiger partial charge in [0.25, 0.3) is 0 Å². The van der Waals surface area contributed by atoms with Crippen LogP contribution in [0.1, 0.15) is 59.8 Å². The molecule has 0 amide bonds. The van der Waals surface area contributed by atoms with Crippen molar-refractivity contribution in [3.63, 3.8) is 0 Å². The molecule has 0 radical (unpaired) electrons. The predicted molar refractivity (Wildman–Crippen MR) is 115 cm³/mol. The SMILES string of the molecule is C[C@H]1CCC[C@]2(C)C[C@H]3OC(=O)[C@@H](CN4C[C@]5(C)CN(C)C[C@](C)(C4)C5)[C@H]3C=C12. The van der Waals surface area contributed by atoms with E-state index < -0.39 is 0 Å². The van der Waals surface area contributed by atoms with Crippen LogP contribution in [0.4, 0.5) is 0 Å². The van der Waals surface area contributed by atoms with Crippen LogP contribution in [0.2, 0.25) is 0 Å². The summed E-state index contributed by atoms with van der Waals surface area (Å²) in [6, 6.07) is 0. The van der Waals surface area contributed by atoms with Crippen molar-refractivity contribution in [2.45, 2.75) is 65.9 Å². The second kappa shape index (κ2) is 6.56. The van der Waals surface area contributed by atoms with E-state index in [1.54, 1.807) is 5.57 Å². The summed E-state index contributed by atoms with van der Waals surface area (Å²) < 4.78 is 6.01. The first-order valence-corrected chi connectivity index (χ1v) is 11.9. The highest BCUT2D eigenvalue weighted by molar-refractivity contribution is 5.76. The molecule has 1 saturated carbocycles. The topological polar surface area (TPSA) is 32.8 Å². The van der Waals surface area contributed by atoms with Crippen LogP contribution in [0, 0.1) is 34.0 Å². The quantitative estimate of drug-likeness (QED) is 0.519. The molecule has 0 aromatic heterocycles. The van der Waals surface area contributed by atoms with Crippen molar-refractivity contribution in [3.05, 3.63) is 11.6 Å². The molecule has 0 aromatic rings. The molecule has 2 aliphatic carbocycles. The highest BCUT2D eigenvalue weighted by Crippen LogP contribution is 2.54. The third-order valence-electron chi connectivity index (χ3n) is 8.90. The lowest BCUT2D eigenvalue weighted by Crippen LogP contribution is -2.62. The summed E-state index contributed by atoms with van der Waals surface area (Å²) in [5.74, 6) is 1.04. The minimum absolute atomic E-state index is 0.0231. The second-order valence-electron chi connectivity index (χ2n) is 12.5. The van der Waals surface area contributed by atoms with Gasteiger partial charge in [-0.2, -0.15) is 0 Å². The summed E-state index contributed by atoms with van der Waals surface area (Å²) >= 11 is 0. The summed E-state index contributed by atoms with van der Waals surface area (Å²) in [6.45, 7) is 15.1. The average Bonchev–Trinajstić information content (AvgIpc) is 2.84. The van der Waals surface area contributed by atoms with E-state index in [-0.39, 0.29) is 29.3 Å². The number of esters is 1. The number of likely N-dealkylation sites (tertiary alicyclic amines) is 2. The van der Waals surface area contributed by atoms with Gasteiger partial charge in [0.15, 0.2) is 0 Å². The molecule has 5 rings (SSSR count). The Labute approximate surface area is 177 Å². The lowest BCUT2D eigenvalue weighted by atomic mass is 9.59. The van der Waals surface area contributed by atoms with E-state index in [9.17, 15) is 4.79 Å². The van der Waals surface area contributed by atoms with Gasteiger partial charge in [-0.15, -0.1) is 0 Å². The molecule has 7 atom stereocenters. The van der Waals surface area contributed by atoms with Gasteiger partial charge in [0, 0.05) is 38.6 Å². The van der Waals surface area contributed by atoms with Crippen molar-refractivity contribution in [1.82, 2.24) is 9.80 Å². The zero-order chi connectivity index (χ0) is 20.6. The fraction of sp³-hybridized carbons (Fsp3) is 0.880. The summed E-state index contributed by atoms with van der Waals surface area (Å²) in [4.78, 5) is 18.1. The molecular weight excluding hydrogens is 360 g/mol.